The average Bonchev–Trinajstić information content (AvgIpc) is 2.61. The molecule has 1 saturated heterocycles. The number of hydrogen-bond donors (Lipinski definition) is 0. The molecule has 1 aliphatic rings. The Balaban J connectivity index is 1.92. The van der Waals surface area contributed by atoms with E-state index in [0.717, 1.165) is 22.4 Å². The van der Waals surface area contributed by atoms with Crippen LogP contribution in [0.4, 0.5) is 11.4 Å². The summed E-state index contributed by atoms with van der Waals surface area (Å²) in [6.07, 6.45) is 0.815. The Kier molecular flexibility index (Phi) is 5.31. The van der Waals surface area contributed by atoms with Crippen LogP contribution in [0.1, 0.15) is 11.7 Å². The normalized spacial score (nSPS) is 17.9. The lowest BCUT2D eigenvalue weighted by atomic mass is 10.1. The molecule has 0 aliphatic carbocycles. The van der Waals surface area contributed by atoms with Crippen molar-refractivity contribution in [1.29, 1.82) is 0 Å². The maximum Gasteiger partial charge on any atom is 0.293 e. The number of ether oxygens (including phenoxy) is 1. The first-order valence-electron chi connectivity index (χ1n) is 7.86. The van der Waals surface area contributed by atoms with E-state index in [-0.39, 0.29) is 16.7 Å². The smallest absolute Gasteiger partial charge is 0.293 e. The van der Waals surface area contributed by atoms with Crippen LogP contribution in [0.25, 0.3) is 0 Å². The Hall–Kier alpha value is -1.97. The SMILES string of the molecule is CS(=O)(=O)c1ccc(N2CCOC(c3ccc(Br)cc3)C2)c([N+](=O)[O-])c1. The fraction of sp³-hybridized carbons (Fsp3) is 0.294. The number of sulfone groups is 1. The van der Waals surface area contributed by atoms with Gasteiger partial charge >= 0.3 is 0 Å². The number of halogens is 1. The van der Waals surface area contributed by atoms with Crippen molar-refractivity contribution in [1.82, 2.24) is 0 Å². The first-order valence-corrected chi connectivity index (χ1v) is 10.5. The van der Waals surface area contributed by atoms with E-state index in [2.05, 4.69) is 15.9 Å². The minimum atomic E-state index is -3.52. The van der Waals surface area contributed by atoms with Gasteiger partial charge in [-0.15, -0.1) is 0 Å². The molecule has 1 atom stereocenters. The standard InChI is InChI=1S/C17H17BrN2O5S/c1-26(23,24)14-6-7-15(16(10-14)20(21)22)19-8-9-25-17(11-19)12-2-4-13(18)5-3-12/h2-7,10,17H,8-9,11H2,1H3. The van der Waals surface area contributed by atoms with E-state index in [1.807, 2.05) is 29.2 Å². The van der Waals surface area contributed by atoms with Crippen LogP contribution in [0.3, 0.4) is 0 Å². The number of hydrogen-bond acceptors (Lipinski definition) is 6. The van der Waals surface area contributed by atoms with Gasteiger partial charge in [-0.3, -0.25) is 10.1 Å². The molecule has 0 spiro atoms. The maximum atomic E-state index is 11.7. The summed E-state index contributed by atoms with van der Waals surface area (Å²) in [6.45, 7) is 1.36. The first-order chi connectivity index (χ1) is 12.3. The molecule has 138 valence electrons. The molecule has 0 N–H and O–H groups in total. The van der Waals surface area contributed by atoms with Gasteiger partial charge in [0.2, 0.25) is 0 Å². The third kappa shape index (κ3) is 4.05. The molecule has 0 saturated carbocycles. The zero-order valence-electron chi connectivity index (χ0n) is 14.0. The maximum absolute atomic E-state index is 11.7. The predicted octanol–water partition coefficient (Wildman–Crippen LogP) is 3.34. The van der Waals surface area contributed by atoms with E-state index in [4.69, 9.17) is 4.74 Å². The number of nitrogens with zero attached hydrogens (tertiary/aromatic N) is 2. The van der Waals surface area contributed by atoms with Crippen LogP contribution >= 0.6 is 15.9 Å². The number of nitro groups is 1. The fourth-order valence-corrected chi connectivity index (χ4v) is 3.80. The highest BCUT2D eigenvalue weighted by Crippen LogP contribution is 2.34. The van der Waals surface area contributed by atoms with E-state index < -0.39 is 14.8 Å². The lowest BCUT2D eigenvalue weighted by Gasteiger charge is -2.34. The molecular formula is C17H17BrN2O5S. The molecule has 26 heavy (non-hydrogen) atoms. The van der Waals surface area contributed by atoms with Gasteiger partial charge in [0.25, 0.3) is 5.69 Å². The molecule has 0 aromatic heterocycles. The second-order valence-corrected chi connectivity index (χ2v) is 8.97. The number of nitro benzene ring substituents is 1. The summed E-state index contributed by atoms with van der Waals surface area (Å²) in [7, 11) is -3.52. The van der Waals surface area contributed by atoms with Crippen LogP contribution in [0, 0.1) is 10.1 Å². The van der Waals surface area contributed by atoms with Crippen LogP contribution in [0.5, 0.6) is 0 Å². The molecule has 2 aromatic carbocycles. The fourth-order valence-electron chi connectivity index (χ4n) is 2.89. The zero-order chi connectivity index (χ0) is 18.9. The molecule has 1 aliphatic heterocycles. The van der Waals surface area contributed by atoms with Crippen molar-refractivity contribution < 1.29 is 18.1 Å². The molecule has 9 heteroatoms. The Labute approximate surface area is 159 Å². The molecule has 0 radical (unpaired) electrons. The summed E-state index contributed by atoms with van der Waals surface area (Å²) < 4.78 is 30.2. The lowest BCUT2D eigenvalue weighted by molar-refractivity contribution is -0.384. The van der Waals surface area contributed by atoms with Crippen LogP contribution in [-0.2, 0) is 14.6 Å². The Morgan fingerprint density at radius 2 is 1.92 bits per heavy atom. The monoisotopic (exact) mass is 440 g/mol. The Morgan fingerprint density at radius 1 is 1.23 bits per heavy atom. The third-order valence-corrected chi connectivity index (χ3v) is 5.86. The molecule has 0 amide bonds. The summed E-state index contributed by atoms with van der Waals surface area (Å²) in [5.41, 5.74) is 1.16. The van der Waals surface area contributed by atoms with Crippen molar-refractivity contribution in [3.63, 3.8) is 0 Å². The Bertz CT molecular complexity index is 931. The van der Waals surface area contributed by atoms with Crippen molar-refractivity contribution in [2.45, 2.75) is 11.0 Å². The van der Waals surface area contributed by atoms with Crippen LogP contribution < -0.4 is 4.90 Å². The highest BCUT2D eigenvalue weighted by molar-refractivity contribution is 9.10. The minimum Gasteiger partial charge on any atom is -0.370 e. The number of anilines is 1. The van der Waals surface area contributed by atoms with E-state index >= 15 is 0 Å². The van der Waals surface area contributed by atoms with E-state index in [9.17, 15) is 18.5 Å². The van der Waals surface area contributed by atoms with Crippen LogP contribution in [0.2, 0.25) is 0 Å². The van der Waals surface area contributed by atoms with Crippen molar-refractivity contribution in [2.75, 3.05) is 30.9 Å². The van der Waals surface area contributed by atoms with Crippen molar-refractivity contribution in [2.24, 2.45) is 0 Å². The second kappa shape index (κ2) is 7.34. The van der Waals surface area contributed by atoms with Crippen molar-refractivity contribution in [3.8, 4) is 0 Å². The molecule has 2 aromatic rings. The van der Waals surface area contributed by atoms with E-state index in [0.29, 0.717) is 25.4 Å². The molecule has 1 heterocycles. The van der Waals surface area contributed by atoms with E-state index in [1.54, 1.807) is 0 Å². The van der Waals surface area contributed by atoms with Gasteiger partial charge in [0, 0.05) is 29.9 Å². The highest BCUT2D eigenvalue weighted by atomic mass is 79.9. The molecule has 3 rings (SSSR count). The lowest BCUT2D eigenvalue weighted by Crippen LogP contribution is -2.38. The second-order valence-electron chi connectivity index (χ2n) is 6.04. The number of morpholine rings is 1. The molecule has 1 unspecified atom stereocenters. The molecular weight excluding hydrogens is 424 g/mol. The van der Waals surface area contributed by atoms with Gasteiger partial charge < -0.3 is 9.64 Å². The van der Waals surface area contributed by atoms with Gasteiger partial charge in [0.15, 0.2) is 9.84 Å². The van der Waals surface area contributed by atoms with Crippen LogP contribution in [-0.4, -0.2) is 39.3 Å². The van der Waals surface area contributed by atoms with Gasteiger partial charge in [-0.2, -0.15) is 0 Å². The number of rotatable bonds is 4. The van der Waals surface area contributed by atoms with Gasteiger partial charge in [-0.25, -0.2) is 8.42 Å². The quantitative estimate of drug-likeness (QED) is 0.534. The molecule has 1 fully saturated rings. The predicted molar refractivity (Wildman–Crippen MR) is 101 cm³/mol. The highest BCUT2D eigenvalue weighted by Gasteiger charge is 2.28. The largest absolute Gasteiger partial charge is 0.370 e. The topological polar surface area (TPSA) is 89.8 Å². The van der Waals surface area contributed by atoms with E-state index in [1.165, 1.54) is 12.1 Å². The number of benzene rings is 2. The van der Waals surface area contributed by atoms with Crippen LogP contribution in [0.15, 0.2) is 51.8 Å². The summed E-state index contributed by atoms with van der Waals surface area (Å²) in [6, 6.07) is 11.7. The summed E-state index contributed by atoms with van der Waals surface area (Å²) in [5.74, 6) is 0. The molecule has 7 nitrogen and oxygen atoms in total. The molecule has 0 bridgehead atoms. The van der Waals surface area contributed by atoms with Gasteiger partial charge in [0.1, 0.15) is 11.8 Å². The van der Waals surface area contributed by atoms with Gasteiger partial charge in [-0.1, -0.05) is 28.1 Å². The van der Waals surface area contributed by atoms with Crippen molar-refractivity contribution >= 4 is 37.1 Å². The minimum absolute atomic E-state index is 0.0642. The van der Waals surface area contributed by atoms with Gasteiger partial charge in [0.05, 0.1) is 16.4 Å². The van der Waals surface area contributed by atoms with Gasteiger partial charge in [-0.05, 0) is 29.8 Å². The Morgan fingerprint density at radius 3 is 2.54 bits per heavy atom. The summed E-state index contributed by atoms with van der Waals surface area (Å²) >= 11 is 3.39. The zero-order valence-corrected chi connectivity index (χ0v) is 16.4. The first kappa shape index (κ1) is 18.8. The third-order valence-electron chi connectivity index (χ3n) is 4.22. The van der Waals surface area contributed by atoms with Crippen molar-refractivity contribution in [3.05, 3.63) is 62.6 Å². The summed E-state index contributed by atoms with van der Waals surface area (Å²) in [4.78, 5) is 12.7. The summed E-state index contributed by atoms with van der Waals surface area (Å²) in [5, 5.41) is 11.5. The average molecular weight is 441 g/mol.